The van der Waals surface area contributed by atoms with E-state index >= 15 is 0 Å². The molecule has 1 aromatic heterocycles. The van der Waals surface area contributed by atoms with Gasteiger partial charge in [-0.15, -0.1) is 0 Å². The maximum Gasteiger partial charge on any atom is 0.167 e. The predicted octanol–water partition coefficient (Wildman–Crippen LogP) is 4.56. The van der Waals surface area contributed by atoms with Gasteiger partial charge in [-0.05, 0) is 35.9 Å². The van der Waals surface area contributed by atoms with Crippen molar-refractivity contribution in [3.8, 4) is 0 Å². The summed E-state index contributed by atoms with van der Waals surface area (Å²) >= 11 is 3.35. The van der Waals surface area contributed by atoms with Crippen molar-refractivity contribution in [3.05, 3.63) is 76.1 Å². The first-order chi connectivity index (χ1) is 10.1. The molecular formula is C17H11BrFNO. The van der Waals surface area contributed by atoms with Crippen LogP contribution >= 0.6 is 15.9 Å². The summed E-state index contributed by atoms with van der Waals surface area (Å²) < 4.78 is 14.0. The highest BCUT2D eigenvalue weighted by molar-refractivity contribution is 9.10. The molecule has 0 amide bonds. The van der Waals surface area contributed by atoms with E-state index < -0.39 is 0 Å². The van der Waals surface area contributed by atoms with Crippen molar-refractivity contribution in [2.45, 2.75) is 6.42 Å². The summed E-state index contributed by atoms with van der Waals surface area (Å²) in [6.45, 7) is 0. The third-order valence-electron chi connectivity index (χ3n) is 3.30. The standard InChI is InChI=1S/C17H11BrFNO/c18-15-7-6-12(19)9-11(15)10-17(21)14-3-1-5-16-13(14)4-2-8-20-16/h1-9H,10H2. The topological polar surface area (TPSA) is 30.0 Å². The van der Waals surface area contributed by atoms with Crippen LogP contribution in [-0.4, -0.2) is 10.8 Å². The van der Waals surface area contributed by atoms with Crippen LogP contribution < -0.4 is 0 Å². The van der Waals surface area contributed by atoms with Gasteiger partial charge in [-0.25, -0.2) is 4.39 Å². The van der Waals surface area contributed by atoms with E-state index in [4.69, 9.17) is 0 Å². The second-order valence-corrected chi connectivity index (χ2v) is 5.57. The molecule has 4 heteroatoms. The summed E-state index contributed by atoms with van der Waals surface area (Å²) in [5.41, 5.74) is 2.03. The lowest BCUT2D eigenvalue weighted by molar-refractivity contribution is 0.0994. The van der Waals surface area contributed by atoms with Gasteiger partial charge in [0.25, 0.3) is 0 Å². The van der Waals surface area contributed by atoms with E-state index in [-0.39, 0.29) is 18.0 Å². The number of nitrogens with zero attached hydrogens (tertiary/aromatic N) is 1. The Morgan fingerprint density at radius 3 is 2.86 bits per heavy atom. The van der Waals surface area contributed by atoms with Gasteiger partial charge >= 0.3 is 0 Å². The summed E-state index contributed by atoms with van der Waals surface area (Å²) in [5, 5.41) is 0.817. The van der Waals surface area contributed by atoms with Gasteiger partial charge in [0.2, 0.25) is 0 Å². The minimum absolute atomic E-state index is 0.0556. The number of hydrogen-bond acceptors (Lipinski definition) is 2. The average molecular weight is 344 g/mol. The van der Waals surface area contributed by atoms with E-state index in [1.165, 1.54) is 12.1 Å². The molecule has 0 aliphatic heterocycles. The van der Waals surface area contributed by atoms with Gasteiger partial charge in [-0.3, -0.25) is 9.78 Å². The lowest BCUT2D eigenvalue weighted by Gasteiger charge is -2.07. The summed E-state index contributed by atoms with van der Waals surface area (Å²) in [4.78, 5) is 16.8. The van der Waals surface area contributed by atoms with Gasteiger partial charge in [0, 0.05) is 28.0 Å². The second kappa shape index (κ2) is 5.74. The Labute approximate surface area is 129 Å². The molecule has 0 N–H and O–H groups in total. The second-order valence-electron chi connectivity index (χ2n) is 4.71. The van der Waals surface area contributed by atoms with Crippen LogP contribution in [0.2, 0.25) is 0 Å². The maximum absolute atomic E-state index is 13.3. The van der Waals surface area contributed by atoms with E-state index in [1.54, 1.807) is 24.4 Å². The summed E-state index contributed by atoms with van der Waals surface area (Å²) in [6, 6.07) is 13.5. The SMILES string of the molecule is O=C(Cc1cc(F)ccc1Br)c1cccc2ncccc12. The zero-order chi connectivity index (χ0) is 14.8. The van der Waals surface area contributed by atoms with Crippen molar-refractivity contribution < 1.29 is 9.18 Å². The van der Waals surface area contributed by atoms with Crippen LogP contribution in [0, 0.1) is 5.82 Å². The number of halogens is 2. The van der Waals surface area contributed by atoms with Crippen molar-refractivity contribution in [3.63, 3.8) is 0 Å². The fourth-order valence-electron chi connectivity index (χ4n) is 2.29. The molecule has 0 radical (unpaired) electrons. The Kier molecular flexibility index (Phi) is 3.80. The molecule has 3 aromatic rings. The number of fused-ring (bicyclic) bond motifs is 1. The number of benzene rings is 2. The number of ketones is 1. The molecule has 1 heterocycles. The number of pyridine rings is 1. The molecule has 2 aromatic carbocycles. The Hall–Kier alpha value is -2.07. The van der Waals surface area contributed by atoms with Crippen LogP contribution in [0.25, 0.3) is 10.9 Å². The minimum atomic E-state index is -0.347. The van der Waals surface area contributed by atoms with Gasteiger partial charge < -0.3 is 0 Å². The molecule has 2 nitrogen and oxygen atoms in total. The van der Waals surface area contributed by atoms with Crippen LogP contribution in [0.15, 0.2) is 59.2 Å². The third-order valence-corrected chi connectivity index (χ3v) is 4.08. The predicted molar refractivity (Wildman–Crippen MR) is 83.9 cm³/mol. The highest BCUT2D eigenvalue weighted by atomic mass is 79.9. The number of aromatic nitrogens is 1. The first-order valence-electron chi connectivity index (χ1n) is 6.46. The van der Waals surface area contributed by atoms with Crippen molar-refractivity contribution >= 4 is 32.6 Å². The Bertz CT molecular complexity index is 827. The summed E-state index contributed by atoms with van der Waals surface area (Å²) in [5.74, 6) is -0.402. The van der Waals surface area contributed by atoms with Crippen LogP contribution in [0.1, 0.15) is 15.9 Å². The van der Waals surface area contributed by atoms with Crippen molar-refractivity contribution in [2.75, 3.05) is 0 Å². The largest absolute Gasteiger partial charge is 0.294 e. The zero-order valence-electron chi connectivity index (χ0n) is 11.0. The van der Waals surface area contributed by atoms with Gasteiger partial charge in [-0.2, -0.15) is 0 Å². The highest BCUT2D eigenvalue weighted by Crippen LogP contribution is 2.22. The average Bonchev–Trinajstić information content (AvgIpc) is 2.50. The van der Waals surface area contributed by atoms with Crippen molar-refractivity contribution in [2.24, 2.45) is 0 Å². The van der Waals surface area contributed by atoms with Gasteiger partial charge in [0.15, 0.2) is 5.78 Å². The fraction of sp³-hybridized carbons (Fsp3) is 0.0588. The molecule has 104 valence electrons. The number of Topliss-reactive ketones (excluding diaryl/α,β-unsaturated/α-hetero) is 1. The van der Waals surface area contributed by atoms with E-state index in [0.29, 0.717) is 11.1 Å². The van der Waals surface area contributed by atoms with Gasteiger partial charge in [0.1, 0.15) is 5.82 Å². The van der Waals surface area contributed by atoms with Crippen molar-refractivity contribution in [1.29, 1.82) is 0 Å². The molecule has 0 saturated carbocycles. The maximum atomic E-state index is 13.3. The molecule has 0 bridgehead atoms. The normalized spacial score (nSPS) is 10.8. The number of carbonyl (C=O) groups is 1. The number of rotatable bonds is 3. The minimum Gasteiger partial charge on any atom is -0.294 e. The Balaban J connectivity index is 1.99. The Morgan fingerprint density at radius 1 is 1.14 bits per heavy atom. The molecular weight excluding hydrogens is 333 g/mol. The quantitative estimate of drug-likeness (QED) is 0.652. The lowest BCUT2D eigenvalue weighted by atomic mass is 9.99. The highest BCUT2D eigenvalue weighted by Gasteiger charge is 2.13. The molecule has 3 rings (SSSR count). The van der Waals surface area contributed by atoms with Gasteiger partial charge in [0.05, 0.1) is 5.52 Å². The zero-order valence-corrected chi connectivity index (χ0v) is 12.6. The van der Waals surface area contributed by atoms with E-state index in [2.05, 4.69) is 20.9 Å². The molecule has 0 saturated heterocycles. The van der Waals surface area contributed by atoms with Crippen LogP contribution in [0.3, 0.4) is 0 Å². The number of hydrogen-bond donors (Lipinski definition) is 0. The third kappa shape index (κ3) is 2.85. The van der Waals surface area contributed by atoms with Crippen LogP contribution in [0.4, 0.5) is 4.39 Å². The summed E-state index contributed by atoms with van der Waals surface area (Å²) in [7, 11) is 0. The number of carbonyl (C=O) groups excluding carboxylic acids is 1. The van der Waals surface area contributed by atoms with Crippen LogP contribution in [0.5, 0.6) is 0 Å². The smallest absolute Gasteiger partial charge is 0.167 e. The Morgan fingerprint density at radius 2 is 2.00 bits per heavy atom. The van der Waals surface area contributed by atoms with E-state index in [0.717, 1.165) is 15.4 Å². The lowest BCUT2D eigenvalue weighted by Crippen LogP contribution is -2.05. The van der Waals surface area contributed by atoms with Gasteiger partial charge in [-0.1, -0.05) is 34.1 Å². The first-order valence-corrected chi connectivity index (χ1v) is 7.25. The van der Waals surface area contributed by atoms with E-state index in [1.807, 2.05) is 18.2 Å². The van der Waals surface area contributed by atoms with Crippen molar-refractivity contribution in [1.82, 2.24) is 4.98 Å². The molecule has 0 unspecified atom stereocenters. The molecule has 0 aliphatic rings. The first kappa shape index (κ1) is 13.9. The molecule has 0 fully saturated rings. The fourth-order valence-corrected chi connectivity index (χ4v) is 2.68. The van der Waals surface area contributed by atoms with Crippen LogP contribution in [-0.2, 0) is 6.42 Å². The van der Waals surface area contributed by atoms with E-state index in [9.17, 15) is 9.18 Å². The molecule has 0 aliphatic carbocycles. The molecule has 21 heavy (non-hydrogen) atoms. The summed E-state index contributed by atoms with van der Waals surface area (Å²) in [6.07, 6.45) is 1.84. The molecule has 0 atom stereocenters. The monoisotopic (exact) mass is 343 g/mol. The molecule has 0 spiro atoms.